The van der Waals surface area contributed by atoms with Crippen LogP contribution in [0.1, 0.15) is 19.4 Å². The third-order valence-electron chi connectivity index (χ3n) is 2.52. The molecule has 1 rings (SSSR count). The Morgan fingerprint density at radius 3 is 2.26 bits per heavy atom. The van der Waals surface area contributed by atoms with E-state index < -0.39 is 15.6 Å². The third kappa shape index (κ3) is 4.31. The SMILES string of the molecule is CN(CC(C)(C)O)S(=O)(=O)c1ccc(CC#N)cc1. The molecule has 0 aliphatic rings. The fourth-order valence-electron chi connectivity index (χ4n) is 1.68. The monoisotopic (exact) mass is 282 g/mol. The Bertz CT molecular complexity index is 565. The second-order valence-corrected chi connectivity index (χ2v) is 7.10. The van der Waals surface area contributed by atoms with Crippen LogP contribution in [0.15, 0.2) is 29.2 Å². The number of likely N-dealkylation sites (N-methyl/N-ethyl adjacent to an activating group) is 1. The van der Waals surface area contributed by atoms with Gasteiger partial charge in [-0.05, 0) is 31.5 Å². The lowest BCUT2D eigenvalue weighted by Crippen LogP contribution is -2.39. The van der Waals surface area contributed by atoms with Gasteiger partial charge in [-0.2, -0.15) is 9.57 Å². The zero-order chi connectivity index (χ0) is 14.7. The van der Waals surface area contributed by atoms with Crippen molar-refractivity contribution in [1.29, 1.82) is 5.26 Å². The first-order chi connectivity index (χ1) is 8.66. The molecule has 0 heterocycles. The van der Waals surface area contributed by atoms with Gasteiger partial charge in [0.2, 0.25) is 10.0 Å². The molecule has 0 radical (unpaired) electrons. The van der Waals surface area contributed by atoms with Gasteiger partial charge in [0.05, 0.1) is 23.0 Å². The van der Waals surface area contributed by atoms with Crippen LogP contribution in [0.4, 0.5) is 0 Å². The van der Waals surface area contributed by atoms with Gasteiger partial charge in [0, 0.05) is 13.6 Å². The van der Waals surface area contributed by atoms with E-state index in [0.717, 1.165) is 9.87 Å². The molecule has 0 saturated carbocycles. The number of aliphatic hydroxyl groups is 1. The van der Waals surface area contributed by atoms with Gasteiger partial charge in [0.1, 0.15) is 0 Å². The average Bonchev–Trinajstić information content (AvgIpc) is 2.28. The average molecular weight is 282 g/mol. The Balaban J connectivity index is 2.97. The highest BCUT2D eigenvalue weighted by molar-refractivity contribution is 7.89. The molecule has 0 aromatic heterocycles. The molecule has 0 spiro atoms. The van der Waals surface area contributed by atoms with Crippen LogP contribution in [-0.2, 0) is 16.4 Å². The Morgan fingerprint density at radius 2 is 1.84 bits per heavy atom. The smallest absolute Gasteiger partial charge is 0.242 e. The number of sulfonamides is 1. The fraction of sp³-hybridized carbons (Fsp3) is 0.462. The first-order valence-electron chi connectivity index (χ1n) is 5.81. The molecule has 1 N–H and O–H groups in total. The maximum Gasteiger partial charge on any atom is 0.242 e. The lowest BCUT2D eigenvalue weighted by Gasteiger charge is -2.25. The van der Waals surface area contributed by atoms with Crippen LogP contribution in [0, 0.1) is 11.3 Å². The second-order valence-electron chi connectivity index (χ2n) is 5.05. The van der Waals surface area contributed by atoms with Gasteiger partial charge in [-0.25, -0.2) is 8.42 Å². The number of benzene rings is 1. The minimum Gasteiger partial charge on any atom is -0.389 e. The Kier molecular flexibility index (Phi) is 4.69. The summed E-state index contributed by atoms with van der Waals surface area (Å²) in [6, 6.07) is 8.19. The van der Waals surface area contributed by atoms with Gasteiger partial charge in [-0.15, -0.1) is 0 Å². The molecule has 0 amide bonds. The van der Waals surface area contributed by atoms with Crippen molar-refractivity contribution in [2.24, 2.45) is 0 Å². The third-order valence-corrected chi connectivity index (χ3v) is 4.34. The van der Waals surface area contributed by atoms with E-state index in [4.69, 9.17) is 5.26 Å². The van der Waals surface area contributed by atoms with Gasteiger partial charge >= 0.3 is 0 Å². The van der Waals surface area contributed by atoms with Crippen molar-refractivity contribution < 1.29 is 13.5 Å². The molecule has 0 fully saturated rings. The molecule has 6 heteroatoms. The van der Waals surface area contributed by atoms with E-state index >= 15 is 0 Å². The number of rotatable bonds is 5. The highest BCUT2D eigenvalue weighted by atomic mass is 32.2. The van der Waals surface area contributed by atoms with Crippen LogP contribution in [0.25, 0.3) is 0 Å². The van der Waals surface area contributed by atoms with E-state index in [9.17, 15) is 13.5 Å². The second kappa shape index (κ2) is 5.70. The lowest BCUT2D eigenvalue weighted by atomic mass is 10.1. The summed E-state index contributed by atoms with van der Waals surface area (Å²) in [6.45, 7) is 3.11. The van der Waals surface area contributed by atoms with E-state index in [-0.39, 0.29) is 17.9 Å². The minimum absolute atomic E-state index is 0.00921. The van der Waals surface area contributed by atoms with E-state index in [1.54, 1.807) is 26.0 Å². The predicted octanol–water partition coefficient (Wildman–Crippen LogP) is 1.14. The standard InChI is InChI=1S/C13H18N2O3S/c1-13(2,16)10-15(3)19(17,18)12-6-4-11(5-7-12)8-9-14/h4-7,16H,8,10H2,1-3H3. The van der Waals surface area contributed by atoms with Crippen molar-refractivity contribution in [3.8, 4) is 6.07 Å². The molecule has 0 bridgehead atoms. The summed E-state index contributed by atoms with van der Waals surface area (Å²) < 4.78 is 25.6. The molecule has 0 aliphatic heterocycles. The first-order valence-corrected chi connectivity index (χ1v) is 7.25. The lowest BCUT2D eigenvalue weighted by molar-refractivity contribution is 0.0640. The van der Waals surface area contributed by atoms with Crippen LogP contribution in [0.5, 0.6) is 0 Å². The topological polar surface area (TPSA) is 81.4 Å². The molecular formula is C13H18N2O3S. The minimum atomic E-state index is -3.61. The van der Waals surface area contributed by atoms with Gasteiger partial charge in [0.15, 0.2) is 0 Å². The predicted molar refractivity (Wildman–Crippen MR) is 71.9 cm³/mol. The van der Waals surface area contributed by atoms with Crippen molar-refractivity contribution in [1.82, 2.24) is 4.31 Å². The summed E-state index contributed by atoms with van der Waals surface area (Å²) in [5.41, 5.74) is -0.325. The summed E-state index contributed by atoms with van der Waals surface area (Å²) in [6.07, 6.45) is 0.250. The molecule has 1 aromatic carbocycles. The molecule has 1 aromatic rings. The van der Waals surface area contributed by atoms with Crippen LogP contribution >= 0.6 is 0 Å². The molecular weight excluding hydrogens is 264 g/mol. The highest BCUT2D eigenvalue weighted by Crippen LogP contribution is 2.17. The quantitative estimate of drug-likeness (QED) is 0.878. The largest absolute Gasteiger partial charge is 0.389 e. The highest BCUT2D eigenvalue weighted by Gasteiger charge is 2.26. The van der Waals surface area contributed by atoms with E-state index in [1.807, 2.05) is 6.07 Å². The van der Waals surface area contributed by atoms with E-state index in [0.29, 0.717) is 0 Å². The van der Waals surface area contributed by atoms with Crippen LogP contribution in [-0.4, -0.2) is 37.0 Å². The van der Waals surface area contributed by atoms with Crippen molar-refractivity contribution in [2.75, 3.05) is 13.6 Å². The van der Waals surface area contributed by atoms with Gasteiger partial charge in [-0.1, -0.05) is 12.1 Å². The summed E-state index contributed by atoms with van der Waals surface area (Å²) in [4.78, 5) is 0.154. The maximum atomic E-state index is 12.2. The summed E-state index contributed by atoms with van der Waals surface area (Å²) in [7, 11) is -2.19. The fourth-order valence-corrected chi connectivity index (χ4v) is 3.01. The number of nitriles is 1. The van der Waals surface area contributed by atoms with Crippen molar-refractivity contribution in [2.45, 2.75) is 30.8 Å². The molecule has 5 nitrogen and oxygen atoms in total. The van der Waals surface area contributed by atoms with Crippen LogP contribution < -0.4 is 0 Å². The van der Waals surface area contributed by atoms with Crippen molar-refractivity contribution in [3.05, 3.63) is 29.8 Å². The Morgan fingerprint density at radius 1 is 1.32 bits per heavy atom. The summed E-state index contributed by atoms with van der Waals surface area (Å²) in [5, 5.41) is 18.2. The molecule has 0 unspecified atom stereocenters. The Labute approximate surface area is 114 Å². The van der Waals surface area contributed by atoms with E-state index in [2.05, 4.69) is 0 Å². The van der Waals surface area contributed by atoms with Crippen molar-refractivity contribution in [3.63, 3.8) is 0 Å². The van der Waals surface area contributed by atoms with Gasteiger partial charge < -0.3 is 5.11 Å². The molecule has 104 valence electrons. The summed E-state index contributed by atoms with van der Waals surface area (Å²) >= 11 is 0. The van der Waals surface area contributed by atoms with Gasteiger partial charge in [0.25, 0.3) is 0 Å². The summed E-state index contributed by atoms with van der Waals surface area (Å²) in [5.74, 6) is 0. The van der Waals surface area contributed by atoms with Crippen molar-refractivity contribution >= 4 is 10.0 Å². The number of hydrogen-bond acceptors (Lipinski definition) is 4. The van der Waals surface area contributed by atoms with Crippen LogP contribution in [0.2, 0.25) is 0 Å². The van der Waals surface area contributed by atoms with Crippen LogP contribution in [0.3, 0.4) is 0 Å². The number of hydrogen-bond donors (Lipinski definition) is 1. The molecule has 0 atom stereocenters. The first kappa shape index (κ1) is 15.6. The molecule has 0 aliphatic carbocycles. The Hall–Kier alpha value is -1.42. The van der Waals surface area contributed by atoms with Gasteiger partial charge in [-0.3, -0.25) is 0 Å². The normalized spacial score (nSPS) is 12.4. The maximum absolute atomic E-state index is 12.2. The number of nitrogens with zero attached hydrogens (tertiary/aromatic N) is 2. The van der Waals surface area contributed by atoms with E-state index in [1.165, 1.54) is 19.2 Å². The molecule has 0 saturated heterocycles. The molecule has 19 heavy (non-hydrogen) atoms. The zero-order valence-corrected chi connectivity index (χ0v) is 12.1. The zero-order valence-electron chi connectivity index (χ0n) is 11.3.